The summed E-state index contributed by atoms with van der Waals surface area (Å²) in [6.45, 7) is 5.52. The molecule has 0 fully saturated rings. The van der Waals surface area contributed by atoms with Crippen LogP contribution in [0.1, 0.15) is 32.6 Å². The van der Waals surface area contributed by atoms with Gasteiger partial charge in [-0.15, -0.1) is 0 Å². The highest BCUT2D eigenvalue weighted by Crippen LogP contribution is 2.20. The third kappa shape index (κ3) is 2.46. The van der Waals surface area contributed by atoms with Crippen LogP contribution in [0.5, 0.6) is 0 Å². The van der Waals surface area contributed by atoms with E-state index < -0.39 is 5.54 Å². The van der Waals surface area contributed by atoms with Crippen LogP contribution in [0.3, 0.4) is 0 Å². The van der Waals surface area contributed by atoms with Gasteiger partial charge in [0.15, 0.2) is 0 Å². The molecule has 1 atom stereocenters. The van der Waals surface area contributed by atoms with Crippen LogP contribution in [-0.2, 0) is 11.8 Å². The second-order valence-electron chi connectivity index (χ2n) is 5.37. The minimum absolute atomic E-state index is 0.0695. The van der Waals surface area contributed by atoms with Gasteiger partial charge < -0.3 is 10.3 Å². The molecule has 1 aromatic heterocycles. The predicted molar refractivity (Wildman–Crippen MR) is 75.5 cm³/mol. The lowest BCUT2D eigenvalue weighted by Gasteiger charge is -2.26. The van der Waals surface area contributed by atoms with Gasteiger partial charge >= 0.3 is 0 Å². The Morgan fingerprint density at radius 1 is 1.42 bits per heavy atom. The van der Waals surface area contributed by atoms with E-state index in [1.807, 2.05) is 42.8 Å². The average Bonchev–Trinajstić information content (AvgIpc) is 2.67. The molecule has 1 amide bonds. The van der Waals surface area contributed by atoms with Gasteiger partial charge in [0.05, 0.1) is 22.6 Å². The molecule has 0 bridgehead atoms. The zero-order valence-corrected chi connectivity index (χ0v) is 11.8. The van der Waals surface area contributed by atoms with Gasteiger partial charge in [0.25, 0.3) is 0 Å². The summed E-state index contributed by atoms with van der Waals surface area (Å²) in [5.41, 5.74) is 6.64. The third-order valence-electron chi connectivity index (χ3n) is 3.40. The number of imidazole rings is 1. The van der Waals surface area contributed by atoms with E-state index in [9.17, 15) is 4.79 Å². The predicted octanol–water partition coefficient (Wildman–Crippen LogP) is 1.49. The molecule has 19 heavy (non-hydrogen) atoms. The van der Waals surface area contributed by atoms with Crippen LogP contribution < -0.4 is 11.1 Å². The fraction of sp³-hybridized carbons (Fsp3) is 0.429. The Bertz CT molecular complexity index is 615. The summed E-state index contributed by atoms with van der Waals surface area (Å²) in [6, 6.07) is 7.88. The second-order valence-corrected chi connectivity index (χ2v) is 5.37. The molecule has 5 heteroatoms. The van der Waals surface area contributed by atoms with Crippen LogP contribution in [0.4, 0.5) is 0 Å². The van der Waals surface area contributed by atoms with Crippen LogP contribution in [0.15, 0.2) is 24.3 Å². The van der Waals surface area contributed by atoms with E-state index in [-0.39, 0.29) is 11.9 Å². The maximum Gasteiger partial charge on any atom is 0.237 e. The van der Waals surface area contributed by atoms with E-state index >= 15 is 0 Å². The van der Waals surface area contributed by atoms with E-state index in [0.29, 0.717) is 0 Å². The number of carbonyl (C=O) groups is 1. The van der Waals surface area contributed by atoms with Gasteiger partial charge in [-0.25, -0.2) is 4.98 Å². The summed E-state index contributed by atoms with van der Waals surface area (Å²) in [7, 11) is 1.97. The highest BCUT2D eigenvalue weighted by atomic mass is 16.1. The highest BCUT2D eigenvalue weighted by molar-refractivity contribution is 5.83. The Kier molecular flexibility index (Phi) is 3.32. The number of fused-ring (bicyclic) bond motifs is 1. The lowest BCUT2D eigenvalue weighted by molar-refractivity contribution is -0.123. The van der Waals surface area contributed by atoms with E-state index in [1.54, 1.807) is 13.8 Å². The number of para-hydroxylation sites is 2. The number of nitrogens with one attached hydrogen (secondary N) is 1. The van der Waals surface area contributed by atoms with E-state index in [1.165, 1.54) is 0 Å². The van der Waals surface area contributed by atoms with Crippen molar-refractivity contribution in [3.63, 3.8) is 0 Å². The molecule has 1 aromatic carbocycles. The number of aryl methyl sites for hydroxylation is 1. The van der Waals surface area contributed by atoms with Crippen LogP contribution >= 0.6 is 0 Å². The molecule has 5 nitrogen and oxygen atoms in total. The zero-order valence-electron chi connectivity index (χ0n) is 11.8. The van der Waals surface area contributed by atoms with Crippen LogP contribution in [-0.4, -0.2) is 21.0 Å². The van der Waals surface area contributed by atoms with E-state index in [2.05, 4.69) is 10.3 Å². The van der Waals surface area contributed by atoms with Gasteiger partial charge in [0.1, 0.15) is 5.82 Å². The number of hydrogen-bond donors (Lipinski definition) is 2. The molecule has 0 spiro atoms. The molecular formula is C14H20N4O. The smallest absolute Gasteiger partial charge is 0.237 e. The number of rotatable bonds is 4. The van der Waals surface area contributed by atoms with E-state index in [4.69, 9.17) is 5.73 Å². The molecular weight excluding hydrogens is 240 g/mol. The summed E-state index contributed by atoms with van der Waals surface area (Å²) >= 11 is 0. The summed E-state index contributed by atoms with van der Waals surface area (Å²) in [4.78, 5) is 16.0. The van der Waals surface area contributed by atoms with Crippen molar-refractivity contribution in [2.75, 3.05) is 0 Å². The lowest BCUT2D eigenvalue weighted by atomic mass is 10.0. The fourth-order valence-electron chi connectivity index (χ4n) is 2.23. The van der Waals surface area contributed by atoms with Crippen molar-refractivity contribution in [3.05, 3.63) is 30.1 Å². The number of nitrogens with zero attached hydrogens (tertiary/aromatic N) is 2. The van der Waals surface area contributed by atoms with Gasteiger partial charge in [-0.3, -0.25) is 10.1 Å². The first kappa shape index (κ1) is 13.5. The number of aromatic nitrogens is 2. The molecule has 2 rings (SSSR count). The lowest BCUT2D eigenvalue weighted by Crippen LogP contribution is -2.51. The Morgan fingerprint density at radius 3 is 2.63 bits per heavy atom. The summed E-state index contributed by atoms with van der Waals surface area (Å²) in [5, 5.41) is 3.22. The molecule has 3 N–H and O–H groups in total. The largest absolute Gasteiger partial charge is 0.368 e. The zero-order chi connectivity index (χ0) is 14.2. The molecule has 0 saturated carbocycles. The Balaban J connectivity index is 2.34. The monoisotopic (exact) mass is 260 g/mol. The third-order valence-corrected chi connectivity index (χ3v) is 3.40. The number of nitrogens with two attached hydrogens (primary N) is 1. The molecule has 0 aliphatic carbocycles. The molecule has 1 heterocycles. The normalized spacial score (nSPS) is 13.7. The first-order chi connectivity index (χ1) is 8.83. The topological polar surface area (TPSA) is 72.9 Å². The average molecular weight is 260 g/mol. The first-order valence-electron chi connectivity index (χ1n) is 6.32. The number of amides is 1. The second kappa shape index (κ2) is 4.66. The highest BCUT2D eigenvalue weighted by Gasteiger charge is 2.28. The number of benzene rings is 1. The van der Waals surface area contributed by atoms with Crippen molar-refractivity contribution in [1.29, 1.82) is 0 Å². The Morgan fingerprint density at radius 2 is 2.05 bits per heavy atom. The number of hydrogen-bond acceptors (Lipinski definition) is 3. The molecule has 1 unspecified atom stereocenters. The van der Waals surface area contributed by atoms with Crippen molar-refractivity contribution >= 4 is 16.9 Å². The minimum Gasteiger partial charge on any atom is -0.368 e. The summed E-state index contributed by atoms with van der Waals surface area (Å²) < 4.78 is 2.03. The molecule has 0 aliphatic rings. The molecule has 0 radical (unpaired) electrons. The quantitative estimate of drug-likeness (QED) is 0.874. The van der Waals surface area contributed by atoms with Gasteiger partial charge in [-0.05, 0) is 32.9 Å². The van der Waals surface area contributed by atoms with Crippen molar-refractivity contribution < 1.29 is 4.79 Å². The number of primary amides is 1. The summed E-state index contributed by atoms with van der Waals surface area (Å²) in [6.07, 6.45) is 0. The van der Waals surface area contributed by atoms with Crippen molar-refractivity contribution in [2.24, 2.45) is 12.8 Å². The van der Waals surface area contributed by atoms with Gasteiger partial charge in [-0.2, -0.15) is 0 Å². The van der Waals surface area contributed by atoms with Crippen LogP contribution in [0.2, 0.25) is 0 Å². The van der Waals surface area contributed by atoms with Crippen molar-refractivity contribution in [2.45, 2.75) is 32.4 Å². The molecule has 0 saturated heterocycles. The SMILES string of the molecule is CC(NC(C)(C)C(N)=O)c1nc2ccccc2n1C. The Labute approximate surface area is 112 Å². The maximum atomic E-state index is 11.4. The van der Waals surface area contributed by atoms with Crippen LogP contribution in [0, 0.1) is 0 Å². The van der Waals surface area contributed by atoms with E-state index in [0.717, 1.165) is 16.9 Å². The fourth-order valence-corrected chi connectivity index (χ4v) is 2.23. The maximum absolute atomic E-state index is 11.4. The number of carbonyl (C=O) groups excluding carboxylic acids is 1. The molecule has 0 aliphatic heterocycles. The van der Waals surface area contributed by atoms with Crippen molar-refractivity contribution in [3.8, 4) is 0 Å². The minimum atomic E-state index is -0.766. The van der Waals surface area contributed by atoms with Gasteiger partial charge in [-0.1, -0.05) is 12.1 Å². The van der Waals surface area contributed by atoms with Gasteiger partial charge in [0, 0.05) is 7.05 Å². The van der Waals surface area contributed by atoms with Crippen LogP contribution in [0.25, 0.3) is 11.0 Å². The summed E-state index contributed by atoms with van der Waals surface area (Å²) in [5.74, 6) is 0.508. The standard InChI is InChI=1S/C14H20N4O/c1-9(17-14(2,3)13(15)19)12-16-10-7-5-6-8-11(10)18(12)4/h5-9,17H,1-4H3,(H2,15,19). The molecule has 102 valence electrons. The Hall–Kier alpha value is -1.88. The first-order valence-corrected chi connectivity index (χ1v) is 6.32. The van der Waals surface area contributed by atoms with Crippen molar-refractivity contribution in [1.82, 2.24) is 14.9 Å². The molecule has 2 aromatic rings. The van der Waals surface area contributed by atoms with Gasteiger partial charge in [0.2, 0.25) is 5.91 Å².